The molecule has 110 valence electrons. The molecular weight excluding hydrogens is 258 g/mol. The molecule has 0 fully saturated rings. The molecule has 5 nitrogen and oxygen atoms in total. The maximum absolute atomic E-state index is 12.0. The van der Waals surface area contributed by atoms with Gasteiger partial charge in [0, 0.05) is 5.56 Å². The predicted octanol–water partition coefficient (Wildman–Crippen LogP) is 2.31. The number of benzene rings is 1. The van der Waals surface area contributed by atoms with Crippen molar-refractivity contribution < 1.29 is 19.4 Å². The van der Waals surface area contributed by atoms with Crippen LogP contribution < -0.4 is 10.1 Å². The van der Waals surface area contributed by atoms with Crippen molar-refractivity contribution in [2.24, 2.45) is 5.92 Å². The van der Waals surface area contributed by atoms with Gasteiger partial charge in [-0.05, 0) is 36.6 Å². The third-order valence-corrected chi connectivity index (χ3v) is 2.81. The Balaban J connectivity index is 2.69. The van der Waals surface area contributed by atoms with Crippen LogP contribution in [0.4, 0.5) is 0 Å². The molecule has 1 amide bonds. The Morgan fingerprint density at radius 2 is 1.85 bits per heavy atom. The molecule has 0 saturated carbocycles. The summed E-state index contributed by atoms with van der Waals surface area (Å²) in [6.07, 6.45) is 0.914. The lowest BCUT2D eigenvalue weighted by Crippen LogP contribution is -2.44. The van der Waals surface area contributed by atoms with Crippen molar-refractivity contribution in [3.05, 3.63) is 29.8 Å². The standard InChI is InChI=1S/C15H21NO4/c1-4-9-20-12-7-5-11(6-8-12)14(17)16-13(10(2)3)15(18)19/h5-8,10,13H,4,9H2,1-3H3,(H,16,17)(H,18,19). The van der Waals surface area contributed by atoms with Gasteiger partial charge in [0.15, 0.2) is 0 Å². The Labute approximate surface area is 118 Å². The molecule has 0 aliphatic rings. The van der Waals surface area contributed by atoms with E-state index in [0.717, 1.165) is 6.42 Å². The normalized spacial score (nSPS) is 12.0. The lowest BCUT2D eigenvalue weighted by molar-refractivity contribution is -0.140. The molecule has 0 aromatic heterocycles. The first-order valence-corrected chi connectivity index (χ1v) is 6.72. The van der Waals surface area contributed by atoms with Crippen molar-refractivity contribution in [3.8, 4) is 5.75 Å². The second-order valence-electron chi connectivity index (χ2n) is 4.91. The maximum Gasteiger partial charge on any atom is 0.326 e. The lowest BCUT2D eigenvalue weighted by Gasteiger charge is -2.17. The summed E-state index contributed by atoms with van der Waals surface area (Å²) in [5.74, 6) is -0.907. The summed E-state index contributed by atoms with van der Waals surface area (Å²) in [6, 6.07) is 5.77. The molecule has 1 aromatic carbocycles. The van der Waals surface area contributed by atoms with Gasteiger partial charge in [0.05, 0.1) is 6.61 Å². The number of hydrogen-bond acceptors (Lipinski definition) is 3. The highest BCUT2D eigenvalue weighted by atomic mass is 16.5. The quantitative estimate of drug-likeness (QED) is 0.803. The van der Waals surface area contributed by atoms with E-state index in [2.05, 4.69) is 5.32 Å². The zero-order valence-electron chi connectivity index (χ0n) is 12.1. The molecular formula is C15H21NO4. The lowest BCUT2D eigenvalue weighted by atomic mass is 10.0. The van der Waals surface area contributed by atoms with Crippen LogP contribution >= 0.6 is 0 Å². The van der Waals surface area contributed by atoms with E-state index < -0.39 is 17.9 Å². The fraction of sp³-hybridized carbons (Fsp3) is 0.467. The number of carboxylic acids is 1. The van der Waals surface area contributed by atoms with Crippen molar-refractivity contribution in [3.63, 3.8) is 0 Å². The highest BCUT2D eigenvalue weighted by Crippen LogP contribution is 2.13. The van der Waals surface area contributed by atoms with Crippen LogP contribution in [-0.4, -0.2) is 29.6 Å². The average Bonchev–Trinajstić information content (AvgIpc) is 2.42. The van der Waals surface area contributed by atoms with Crippen molar-refractivity contribution in [1.29, 1.82) is 0 Å². The highest BCUT2D eigenvalue weighted by molar-refractivity contribution is 5.96. The maximum atomic E-state index is 12.0. The molecule has 0 aliphatic heterocycles. The number of carboxylic acid groups (broad SMARTS) is 1. The van der Waals surface area contributed by atoms with Crippen LogP contribution in [0.15, 0.2) is 24.3 Å². The average molecular weight is 279 g/mol. The number of carbonyl (C=O) groups is 2. The summed E-state index contributed by atoms with van der Waals surface area (Å²) in [5.41, 5.74) is 0.417. The van der Waals surface area contributed by atoms with Gasteiger partial charge in [-0.25, -0.2) is 4.79 Å². The number of amides is 1. The Kier molecular flexibility index (Phi) is 6.03. The van der Waals surface area contributed by atoms with E-state index in [1.807, 2.05) is 6.92 Å². The smallest absolute Gasteiger partial charge is 0.326 e. The van der Waals surface area contributed by atoms with E-state index in [4.69, 9.17) is 9.84 Å². The van der Waals surface area contributed by atoms with Crippen LogP contribution in [0.3, 0.4) is 0 Å². The van der Waals surface area contributed by atoms with Gasteiger partial charge < -0.3 is 15.2 Å². The van der Waals surface area contributed by atoms with Crippen LogP contribution in [0.2, 0.25) is 0 Å². The molecule has 0 radical (unpaired) electrons. The van der Waals surface area contributed by atoms with Gasteiger partial charge in [0.25, 0.3) is 5.91 Å². The molecule has 0 aliphatic carbocycles. The second kappa shape index (κ2) is 7.53. The Morgan fingerprint density at radius 3 is 2.30 bits per heavy atom. The van der Waals surface area contributed by atoms with Crippen molar-refractivity contribution in [2.45, 2.75) is 33.2 Å². The van der Waals surface area contributed by atoms with Crippen molar-refractivity contribution in [2.75, 3.05) is 6.61 Å². The Hall–Kier alpha value is -2.04. The molecule has 0 spiro atoms. The second-order valence-corrected chi connectivity index (χ2v) is 4.91. The van der Waals surface area contributed by atoms with E-state index in [-0.39, 0.29) is 5.92 Å². The van der Waals surface area contributed by atoms with Gasteiger partial charge >= 0.3 is 5.97 Å². The van der Waals surface area contributed by atoms with Gasteiger partial charge in [0.1, 0.15) is 11.8 Å². The summed E-state index contributed by atoms with van der Waals surface area (Å²) < 4.78 is 5.42. The summed E-state index contributed by atoms with van der Waals surface area (Å²) in [5, 5.41) is 11.6. The third kappa shape index (κ3) is 4.57. The highest BCUT2D eigenvalue weighted by Gasteiger charge is 2.23. The first-order valence-electron chi connectivity index (χ1n) is 6.72. The summed E-state index contributed by atoms with van der Waals surface area (Å²) in [4.78, 5) is 23.0. The predicted molar refractivity (Wildman–Crippen MR) is 76.0 cm³/mol. The molecule has 5 heteroatoms. The van der Waals surface area contributed by atoms with Gasteiger partial charge in [0.2, 0.25) is 0 Å². The van der Waals surface area contributed by atoms with Crippen LogP contribution in [0.1, 0.15) is 37.6 Å². The number of nitrogens with one attached hydrogen (secondary N) is 1. The summed E-state index contributed by atoms with van der Waals surface area (Å²) in [6.45, 7) is 6.14. The van der Waals surface area contributed by atoms with Gasteiger partial charge in [-0.1, -0.05) is 20.8 Å². The minimum Gasteiger partial charge on any atom is -0.494 e. The summed E-state index contributed by atoms with van der Waals surface area (Å²) >= 11 is 0. The minimum atomic E-state index is -1.03. The number of aliphatic carboxylic acids is 1. The van der Waals surface area contributed by atoms with Gasteiger partial charge in [-0.3, -0.25) is 4.79 Å². The Bertz CT molecular complexity index is 453. The minimum absolute atomic E-state index is 0.177. The van der Waals surface area contributed by atoms with Gasteiger partial charge in [-0.2, -0.15) is 0 Å². The van der Waals surface area contributed by atoms with Crippen LogP contribution in [0.5, 0.6) is 5.75 Å². The molecule has 0 heterocycles. The van der Waals surface area contributed by atoms with Crippen molar-refractivity contribution in [1.82, 2.24) is 5.32 Å². The SMILES string of the molecule is CCCOc1ccc(C(=O)NC(C(=O)O)C(C)C)cc1. The fourth-order valence-electron chi connectivity index (χ4n) is 1.66. The molecule has 1 aromatic rings. The Morgan fingerprint density at radius 1 is 1.25 bits per heavy atom. The first-order chi connectivity index (χ1) is 9.45. The zero-order valence-corrected chi connectivity index (χ0v) is 12.1. The number of rotatable bonds is 7. The first kappa shape index (κ1) is 16.0. The molecule has 20 heavy (non-hydrogen) atoms. The van der Waals surface area contributed by atoms with Crippen LogP contribution in [0, 0.1) is 5.92 Å². The molecule has 0 saturated heterocycles. The molecule has 0 bridgehead atoms. The third-order valence-electron chi connectivity index (χ3n) is 2.81. The number of carbonyl (C=O) groups excluding carboxylic acids is 1. The molecule has 2 N–H and O–H groups in total. The molecule has 1 unspecified atom stereocenters. The van der Waals surface area contributed by atoms with E-state index in [1.165, 1.54) is 0 Å². The van der Waals surface area contributed by atoms with E-state index in [0.29, 0.717) is 17.9 Å². The number of hydrogen-bond donors (Lipinski definition) is 2. The molecule has 1 rings (SSSR count). The van der Waals surface area contributed by atoms with Crippen LogP contribution in [-0.2, 0) is 4.79 Å². The van der Waals surface area contributed by atoms with Crippen molar-refractivity contribution >= 4 is 11.9 Å². The monoisotopic (exact) mass is 279 g/mol. The summed E-state index contributed by atoms with van der Waals surface area (Å²) in [7, 11) is 0. The van der Waals surface area contributed by atoms with Gasteiger partial charge in [-0.15, -0.1) is 0 Å². The van der Waals surface area contributed by atoms with E-state index in [9.17, 15) is 9.59 Å². The molecule has 1 atom stereocenters. The van der Waals surface area contributed by atoms with Crippen LogP contribution in [0.25, 0.3) is 0 Å². The topological polar surface area (TPSA) is 75.6 Å². The largest absolute Gasteiger partial charge is 0.494 e. The zero-order chi connectivity index (χ0) is 15.1. The fourth-order valence-corrected chi connectivity index (χ4v) is 1.66. The number of ether oxygens (including phenoxy) is 1. The van der Waals surface area contributed by atoms with E-state index >= 15 is 0 Å². The van der Waals surface area contributed by atoms with E-state index in [1.54, 1.807) is 38.1 Å².